The number of aromatic nitrogens is 1. The molecular formula is C26H19F6I2NO2S. The van der Waals surface area contributed by atoms with Crippen molar-refractivity contribution in [3.05, 3.63) is 76.9 Å². The van der Waals surface area contributed by atoms with Crippen molar-refractivity contribution in [3.63, 3.8) is 0 Å². The van der Waals surface area contributed by atoms with E-state index in [1.54, 1.807) is 0 Å². The summed E-state index contributed by atoms with van der Waals surface area (Å²) in [4.78, 5) is 12.3. The quantitative estimate of drug-likeness (QED) is 0.166. The van der Waals surface area contributed by atoms with E-state index in [0.717, 1.165) is 14.0 Å². The molecular weight excluding hydrogens is 758 g/mol. The number of benzene rings is 2. The molecule has 0 amide bonds. The Morgan fingerprint density at radius 1 is 0.895 bits per heavy atom. The van der Waals surface area contributed by atoms with E-state index in [0.29, 0.717) is 31.5 Å². The molecule has 0 saturated carbocycles. The number of aromatic carboxylic acids is 1. The van der Waals surface area contributed by atoms with Crippen LogP contribution in [0.15, 0.2) is 42.5 Å². The van der Waals surface area contributed by atoms with Gasteiger partial charge in [0.2, 0.25) is 0 Å². The summed E-state index contributed by atoms with van der Waals surface area (Å²) in [7, 11) is 0. The molecule has 0 aliphatic rings. The summed E-state index contributed by atoms with van der Waals surface area (Å²) in [6.07, 6.45) is -10.0. The number of nitrogens with zero attached hydrogens (tertiary/aromatic N) is 1. The third-order valence-electron chi connectivity index (χ3n) is 6.02. The van der Waals surface area contributed by atoms with Crippen LogP contribution < -0.4 is 0 Å². The zero-order chi connectivity index (χ0) is 28.4. The maximum Gasteiger partial charge on any atom is 0.416 e. The summed E-state index contributed by atoms with van der Waals surface area (Å²) in [5, 5.41) is 9.99. The predicted octanol–water partition coefficient (Wildman–Crippen LogP) is 9.66. The first-order valence-electron chi connectivity index (χ1n) is 11.0. The SMILES string of the molecule is CC(C)(C)c1ccc(-c2c(I)sc3c(I)c(C(=O)O)n(Cc4cc(C(F)(F)F)cc(C(F)(F)F)c4)c23)cc1. The van der Waals surface area contributed by atoms with E-state index in [9.17, 15) is 36.2 Å². The molecule has 0 atom stereocenters. The van der Waals surface area contributed by atoms with Gasteiger partial charge in [-0.3, -0.25) is 0 Å². The number of hydrogen-bond donors (Lipinski definition) is 1. The summed E-state index contributed by atoms with van der Waals surface area (Å²) in [5.41, 5.74) is -0.537. The molecule has 38 heavy (non-hydrogen) atoms. The Bertz CT molecular complexity index is 1510. The van der Waals surface area contributed by atoms with Crippen LogP contribution >= 0.6 is 56.5 Å². The predicted molar refractivity (Wildman–Crippen MR) is 152 cm³/mol. The number of hydrogen-bond acceptors (Lipinski definition) is 2. The zero-order valence-corrected chi connectivity index (χ0v) is 25.1. The van der Waals surface area contributed by atoms with Gasteiger partial charge in [0.25, 0.3) is 0 Å². The van der Waals surface area contributed by atoms with Crippen LogP contribution in [0.3, 0.4) is 0 Å². The van der Waals surface area contributed by atoms with Gasteiger partial charge in [-0.2, -0.15) is 26.3 Å². The molecule has 1 N–H and O–H groups in total. The number of carboxylic acids is 1. The van der Waals surface area contributed by atoms with Crippen LogP contribution in [-0.2, 0) is 24.3 Å². The Hall–Kier alpha value is -1.81. The molecule has 0 bridgehead atoms. The van der Waals surface area contributed by atoms with Crippen molar-refractivity contribution < 1.29 is 36.2 Å². The zero-order valence-electron chi connectivity index (χ0n) is 20.0. The summed E-state index contributed by atoms with van der Waals surface area (Å²) in [5.74, 6) is -1.33. The minimum absolute atomic E-state index is 0.0619. The van der Waals surface area contributed by atoms with Crippen molar-refractivity contribution in [2.45, 2.75) is 45.1 Å². The lowest BCUT2D eigenvalue weighted by molar-refractivity contribution is -0.143. The molecule has 0 saturated heterocycles. The van der Waals surface area contributed by atoms with Gasteiger partial charge in [-0.15, -0.1) is 11.3 Å². The third-order valence-corrected chi connectivity index (χ3v) is 9.62. The standard InChI is InChI=1S/C26H19F6I2NO2S/c1-24(2,3)14-6-4-13(5-7-14)17-19-21(38-22(17)34)18(33)20(23(36)37)35(19)11-12-8-15(25(27,28)29)10-16(9-12)26(30,31)32/h4-10H,11H2,1-3H3,(H,36,37). The van der Waals surface area contributed by atoms with Gasteiger partial charge in [0.1, 0.15) is 5.69 Å². The molecule has 202 valence electrons. The summed E-state index contributed by atoms with van der Waals surface area (Å²) in [6.45, 7) is 5.69. The van der Waals surface area contributed by atoms with Gasteiger partial charge < -0.3 is 9.67 Å². The van der Waals surface area contributed by atoms with E-state index in [1.165, 1.54) is 15.9 Å². The normalized spacial score (nSPS) is 12.9. The molecule has 2 aromatic heterocycles. The smallest absolute Gasteiger partial charge is 0.416 e. The van der Waals surface area contributed by atoms with Crippen LogP contribution in [0.2, 0.25) is 0 Å². The van der Waals surface area contributed by atoms with Gasteiger partial charge in [-0.05, 0) is 85.5 Å². The second-order valence-electron chi connectivity index (χ2n) is 9.72. The van der Waals surface area contributed by atoms with Crippen molar-refractivity contribution in [3.8, 4) is 11.1 Å². The first-order chi connectivity index (χ1) is 17.4. The van der Waals surface area contributed by atoms with E-state index < -0.39 is 36.0 Å². The average molecular weight is 777 g/mol. The van der Waals surface area contributed by atoms with Gasteiger partial charge in [0.05, 0.1) is 27.8 Å². The van der Waals surface area contributed by atoms with E-state index >= 15 is 0 Å². The first kappa shape index (κ1) is 29.2. The third kappa shape index (κ3) is 5.58. The van der Waals surface area contributed by atoms with Gasteiger partial charge in [-0.1, -0.05) is 45.0 Å². The second kappa shape index (κ2) is 9.98. The van der Waals surface area contributed by atoms with E-state index in [2.05, 4.69) is 43.4 Å². The van der Waals surface area contributed by atoms with Crippen LogP contribution in [0.25, 0.3) is 21.3 Å². The van der Waals surface area contributed by atoms with Crippen molar-refractivity contribution in [2.75, 3.05) is 0 Å². The van der Waals surface area contributed by atoms with Gasteiger partial charge in [0, 0.05) is 12.1 Å². The Kier molecular flexibility index (Phi) is 7.67. The average Bonchev–Trinajstić information content (AvgIpc) is 3.25. The van der Waals surface area contributed by atoms with Crippen molar-refractivity contribution >= 4 is 72.7 Å². The highest BCUT2D eigenvalue weighted by Gasteiger charge is 2.37. The Morgan fingerprint density at radius 2 is 1.42 bits per heavy atom. The van der Waals surface area contributed by atoms with Gasteiger partial charge in [0.15, 0.2) is 0 Å². The molecule has 0 aliphatic carbocycles. The Morgan fingerprint density at radius 3 is 1.87 bits per heavy atom. The van der Waals surface area contributed by atoms with E-state index in [4.69, 9.17) is 0 Å². The minimum Gasteiger partial charge on any atom is -0.477 e. The highest BCUT2D eigenvalue weighted by molar-refractivity contribution is 14.1. The van der Waals surface area contributed by atoms with Gasteiger partial charge >= 0.3 is 18.3 Å². The van der Waals surface area contributed by atoms with Crippen molar-refractivity contribution in [1.82, 2.24) is 4.57 Å². The van der Waals surface area contributed by atoms with Crippen molar-refractivity contribution in [1.29, 1.82) is 0 Å². The van der Waals surface area contributed by atoms with Gasteiger partial charge in [-0.25, -0.2) is 4.79 Å². The largest absolute Gasteiger partial charge is 0.477 e. The molecule has 0 aliphatic heterocycles. The summed E-state index contributed by atoms with van der Waals surface area (Å²) in [6, 6.07) is 9.01. The van der Waals surface area contributed by atoms with Crippen LogP contribution in [0.5, 0.6) is 0 Å². The first-order valence-corrected chi connectivity index (χ1v) is 14.0. The Balaban J connectivity index is 1.98. The molecule has 3 nitrogen and oxygen atoms in total. The molecule has 4 rings (SSSR count). The number of rotatable bonds is 4. The van der Waals surface area contributed by atoms with E-state index in [1.807, 2.05) is 46.9 Å². The Labute approximate surface area is 245 Å². The highest BCUT2D eigenvalue weighted by atomic mass is 127. The molecule has 0 radical (unpaired) electrons. The molecule has 0 unspecified atom stereocenters. The van der Waals surface area contributed by atoms with Crippen LogP contribution in [0.1, 0.15) is 53.5 Å². The fourth-order valence-electron chi connectivity index (χ4n) is 4.19. The number of thiophene rings is 1. The lowest BCUT2D eigenvalue weighted by Gasteiger charge is -2.19. The summed E-state index contributed by atoms with van der Waals surface area (Å²) >= 11 is 5.31. The summed E-state index contributed by atoms with van der Waals surface area (Å²) < 4.78 is 84.0. The molecule has 2 aromatic carbocycles. The number of halogens is 8. The fourth-order valence-corrected chi connectivity index (χ4v) is 7.51. The number of fused-ring (bicyclic) bond motifs is 1. The number of carboxylic acid groups (broad SMARTS) is 1. The lowest BCUT2D eigenvalue weighted by Crippen LogP contribution is -2.15. The highest BCUT2D eigenvalue weighted by Crippen LogP contribution is 2.45. The van der Waals surface area contributed by atoms with Crippen molar-refractivity contribution in [2.24, 2.45) is 0 Å². The van der Waals surface area contributed by atoms with Crippen LogP contribution in [-0.4, -0.2) is 15.6 Å². The molecule has 2 heterocycles. The minimum atomic E-state index is -5.01. The van der Waals surface area contributed by atoms with E-state index in [-0.39, 0.29) is 22.7 Å². The molecule has 0 fully saturated rings. The maximum atomic E-state index is 13.5. The lowest BCUT2D eigenvalue weighted by atomic mass is 9.86. The monoisotopic (exact) mass is 777 g/mol. The van der Waals surface area contributed by atoms with Crippen LogP contribution in [0.4, 0.5) is 26.3 Å². The molecule has 4 aromatic rings. The number of carbonyl (C=O) groups is 1. The van der Waals surface area contributed by atoms with Crippen LogP contribution in [0, 0.1) is 6.45 Å². The molecule has 0 spiro atoms. The second-order valence-corrected chi connectivity index (χ2v) is 13.6. The number of alkyl halides is 6. The topological polar surface area (TPSA) is 42.2 Å². The molecule has 12 heteroatoms. The maximum absolute atomic E-state index is 13.5. The fraction of sp³-hybridized carbons (Fsp3) is 0.269.